The lowest BCUT2D eigenvalue weighted by Gasteiger charge is -2.51. The van der Waals surface area contributed by atoms with Crippen LogP contribution in [0.5, 0.6) is 0 Å². The Balaban J connectivity index is 1.44. The lowest BCUT2D eigenvalue weighted by Crippen LogP contribution is -2.49. The summed E-state index contributed by atoms with van der Waals surface area (Å²) in [7, 11) is 0. The predicted octanol–water partition coefficient (Wildman–Crippen LogP) is 2.03. The molecule has 7 rings (SSSR count). The first-order valence-corrected chi connectivity index (χ1v) is 11.2. The number of anilines is 1. The smallest absolute Gasteiger partial charge is 0.332 e. The summed E-state index contributed by atoms with van der Waals surface area (Å²) in [6.45, 7) is 6.14. The molecular formula is C25H25N5O3. The highest BCUT2D eigenvalue weighted by Gasteiger charge is 2.59. The van der Waals surface area contributed by atoms with Crippen molar-refractivity contribution in [2.75, 3.05) is 11.2 Å². The van der Waals surface area contributed by atoms with Crippen LogP contribution in [0.3, 0.4) is 0 Å². The molecule has 1 aliphatic heterocycles. The van der Waals surface area contributed by atoms with Gasteiger partial charge in [-0.25, -0.2) is 4.79 Å². The van der Waals surface area contributed by atoms with Crippen molar-refractivity contribution in [3.63, 3.8) is 0 Å². The van der Waals surface area contributed by atoms with E-state index in [1.807, 2.05) is 26.0 Å². The Morgan fingerprint density at radius 3 is 2.55 bits per heavy atom. The molecule has 3 N–H and O–H groups in total. The number of carbonyl (C=O) groups excluding carboxylic acids is 1. The number of hydrogen-bond donors (Lipinski definition) is 2. The molecule has 1 amide bonds. The maximum atomic E-state index is 12.9. The number of hydrogen-bond acceptors (Lipinski definition) is 5. The van der Waals surface area contributed by atoms with Crippen molar-refractivity contribution in [1.29, 1.82) is 0 Å². The molecule has 1 unspecified atom stereocenters. The first kappa shape index (κ1) is 20.0. The quantitative estimate of drug-likeness (QED) is 0.602. The molecule has 1 aromatic heterocycles. The van der Waals surface area contributed by atoms with Crippen molar-refractivity contribution in [1.82, 2.24) is 14.5 Å². The molecule has 4 aliphatic rings. The van der Waals surface area contributed by atoms with Crippen molar-refractivity contribution in [3.8, 4) is 5.69 Å². The van der Waals surface area contributed by atoms with Gasteiger partial charge in [-0.15, -0.1) is 0 Å². The summed E-state index contributed by atoms with van der Waals surface area (Å²) in [4.78, 5) is 36.9. The highest BCUT2D eigenvalue weighted by molar-refractivity contribution is 6.07. The van der Waals surface area contributed by atoms with Gasteiger partial charge in [-0.05, 0) is 103 Å². The van der Waals surface area contributed by atoms with Gasteiger partial charge < -0.3 is 11.2 Å². The van der Waals surface area contributed by atoms with E-state index in [4.69, 9.17) is 5.84 Å². The molecule has 0 saturated heterocycles. The van der Waals surface area contributed by atoms with E-state index >= 15 is 0 Å². The van der Waals surface area contributed by atoms with Gasteiger partial charge in [0.05, 0.1) is 11.1 Å². The summed E-state index contributed by atoms with van der Waals surface area (Å²) in [6, 6.07) is 8.00. The number of amides is 1. The average molecular weight is 444 g/mol. The van der Waals surface area contributed by atoms with Crippen LogP contribution in [0.2, 0.25) is 0 Å². The van der Waals surface area contributed by atoms with Crippen LogP contribution in [0.1, 0.15) is 59.1 Å². The molecule has 2 bridgehead atoms. The summed E-state index contributed by atoms with van der Waals surface area (Å²) >= 11 is 0. The minimum absolute atomic E-state index is 0.134. The topological polar surface area (TPSA) is 112 Å². The SMILES string of the molecule is Cc1cc(-n2ncc(=O)n(N)c2=O)cc(C)c1Cc1ccc2c3c1C1CC(C1)C3(C)C(=O)N2. The van der Waals surface area contributed by atoms with Crippen LogP contribution in [-0.4, -0.2) is 20.4 Å². The second-order valence-electron chi connectivity index (χ2n) is 9.86. The Labute approximate surface area is 190 Å². The van der Waals surface area contributed by atoms with Crippen LogP contribution in [0.15, 0.2) is 40.1 Å². The van der Waals surface area contributed by atoms with Crippen molar-refractivity contribution < 1.29 is 4.79 Å². The largest absolute Gasteiger partial charge is 0.370 e. The third kappa shape index (κ3) is 2.52. The van der Waals surface area contributed by atoms with Crippen LogP contribution >= 0.6 is 0 Å². The van der Waals surface area contributed by atoms with E-state index in [2.05, 4.69) is 29.5 Å². The molecule has 2 aromatic carbocycles. The van der Waals surface area contributed by atoms with E-state index in [-0.39, 0.29) is 5.91 Å². The number of aryl methyl sites for hydroxylation is 2. The van der Waals surface area contributed by atoms with Gasteiger partial charge in [-0.2, -0.15) is 14.5 Å². The zero-order chi connectivity index (χ0) is 23.2. The highest BCUT2D eigenvalue weighted by atomic mass is 16.2. The average Bonchev–Trinajstić information content (AvgIpc) is 3.01. The van der Waals surface area contributed by atoms with E-state index in [0.29, 0.717) is 22.2 Å². The molecule has 0 spiro atoms. The molecule has 2 heterocycles. The molecule has 8 nitrogen and oxygen atoms in total. The molecule has 1 fully saturated rings. The molecule has 168 valence electrons. The Kier molecular flexibility index (Phi) is 3.89. The Bertz CT molecular complexity index is 1470. The van der Waals surface area contributed by atoms with Gasteiger partial charge >= 0.3 is 5.69 Å². The second-order valence-corrected chi connectivity index (χ2v) is 9.86. The molecule has 1 saturated carbocycles. The van der Waals surface area contributed by atoms with Gasteiger partial charge in [0.25, 0.3) is 5.56 Å². The van der Waals surface area contributed by atoms with Gasteiger partial charge in [-0.1, -0.05) is 6.07 Å². The van der Waals surface area contributed by atoms with Crippen LogP contribution in [0.4, 0.5) is 5.69 Å². The molecule has 3 aliphatic carbocycles. The van der Waals surface area contributed by atoms with E-state index in [1.54, 1.807) is 0 Å². The number of nitrogens with zero attached hydrogens (tertiary/aromatic N) is 3. The van der Waals surface area contributed by atoms with E-state index in [0.717, 1.165) is 47.0 Å². The third-order valence-corrected chi connectivity index (χ3v) is 8.14. The van der Waals surface area contributed by atoms with Gasteiger partial charge in [0.2, 0.25) is 5.91 Å². The predicted molar refractivity (Wildman–Crippen MR) is 124 cm³/mol. The van der Waals surface area contributed by atoms with Crippen LogP contribution < -0.4 is 22.4 Å². The maximum absolute atomic E-state index is 12.9. The Morgan fingerprint density at radius 2 is 1.85 bits per heavy atom. The standard InChI is InChI=1S/C25H25N5O3/c1-12-6-17(30-24(33)29(26)20(31)11-27-30)7-13(2)18(12)10-14-4-5-19-22-21(14)15-8-16(9-15)25(22,3)23(32)28-19/h4-7,11,15-16H,8-10,26H2,1-3H3,(H,28,32). The lowest BCUT2D eigenvalue weighted by molar-refractivity contribution is -0.124. The van der Waals surface area contributed by atoms with Crippen molar-refractivity contribution in [2.24, 2.45) is 5.92 Å². The number of nitrogens with two attached hydrogens (primary N) is 1. The minimum atomic E-state index is -0.687. The molecule has 8 heteroatoms. The summed E-state index contributed by atoms with van der Waals surface area (Å²) in [5.74, 6) is 6.65. The monoisotopic (exact) mass is 443 g/mol. The minimum Gasteiger partial charge on any atom is -0.332 e. The first-order chi connectivity index (χ1) is 15.7. The third-order valence-electron chi connectivity index (χ3n) is 8.14. The Morgan fingerprint density at radius 1 is 1.15 bits per heavy atom. The fourth-order valence-corrected chi connectivity index (χ4v) is 6.18. The zero-order valence-corrected chi connectivity index (χ0v) is 18.8. The number of aromatic nitrogens is 3. The maximum Gasteiger partial charge on any atom is 0.370 e. The van der Waals surface area contributed by atoms with E-state index in [9.17, 15) is 14.4 Å². The van der Waals surface area contributed by atoms with Gasteiger partial charge in [0, 0.05) is 5.69 Å². The molecule has 0 radical (unpaired) electrons. The van der Waals surface area contributed by atoms with Crippen LogP contribution in [-0.2, 0) is 16.6 Å². The van der Waals surface area contributed by atoms with Gasteiger partial charge in [-0.3, -0.25) is 9.59 Å². The molecule has 1 atom stereocenters. The summed E-state index contributed by atoms with van der Waals surface area (Å²) in [5.41, 5.74) is 6.87. The molecular weight excluding hydrogens is 418 g/mol. The van der Waals surface area contributed by atoms with Crippen LogP contribution in [0, 0.1) is 19.8 Å². The number of nitrogens with one attached hydrogen (secondary N) is 1. The Hall–Kier alpha value is -3.68. The number of nitrogen functional groups attached to an aromatic ring is 1. The number of benzene rings is 2. The lowest BCUT2D eigenvalue weighted by atomic mass is 9.50. The fourth-order valence-electron chi connectivity index (χ4n) is 6.18. The summed E-state index contributed by atoms with van der Waals surface area (Å²) in [6.07, 6.45) is 3.94. The van der Waals surface area contributed by atoms with Crippen molar-refractivity contribution in [2.45, 2.75) is 51.4 Å². The normalized spacial score (nSPS) is 24.3. The fraction of sp³-hybridized carbons (Fsp3) is 0.360. The van der Waals surface area contributed by atoms with E-state index < -0.39 is 16.7 Å². The summed E-state index contributed by atoms with van der Waals surface area (Å²) < 4.78 is 1.70. The van der Waals surface area contributed by atoms with E-state index in [1.165, 1.54) is 22.3 Å². The zero-order valence-electron chi connectivity index (χ0n) is 18.8. The summed E-state index contributed by atoms with van der Waals surface area (Å²) in [5, 5.41) is 7.09. The van der Waals surface area contributed by atoms with Gasteiger partial charge in [0.1, 0.15) is 6.20 Å². The number of carbonyl (C=O) groups is 1. The van der Waals surface area contributed by atoms with Crippen LogP contribution in [0.25, 0.3) is 5.69 Å². The molecule has 3 aromatic rings. The van der Waals surface area contributed by atoms with Crippen molar-refractivity contribution in [3.05, 3.63) is 84.7 Å². The highest BCUT2D eigenvalue weighted by Crippen LogP contribution is 2.63. The number of rotatable bonds is 3. The van der Waals surface area contributed by atoms with Crippen molar-refractivity contribution >= 4 is 11.6 Å². The van der Waals surface area contributed by atoms with Gasteiger partial charge in [0.15, 0.2) is 0 Å². The first-order valence-electron chi connectivity index (χ1n) is 11.2. The second kappa shape index (κ2) is 6.43. The molecule has 33 heavy (non-hydrogen) atoms.